The number of halogens is 3. The first kappa shape index (κ1) is 26.7. The third kappa shape index (κ3) is 6.84. The Bertz CT molecular complexity index is 990. The largest absolute Gasteiger partial charge is 0.490 e. The Morgan fingerprint density at radius 3 is 2.43 bits per heavy atom. The van der Waals surface area contributed by atoms with E-state index in [1.807, 2.05) is 13.8 Å². The summed E-state index contributed by atoms with van der Waals surface area (Å²) in [4.78, 5) is 26.4. The molecular weight excluding hydrogens is 463 g/mol. The van der Waals surface area contributed by atoms with Gasteiger partial charge >= 0.3 is 12.1 Å². The van der Waals surface area contributed by atoms with E-state index in [0.29, 0.717) is 13.0 Å². The number of likely N-dealkylation sites (tertiary alicyclic amines) is 2. The third-order valence-electron chi connectivity index (χ3n) is 6.99. The predicted molar refractivity (Wildman–Crippen MR) is 123 cm³/mol. The highest BCUT2D eigenvalue weighted by Gasteiger charge is 2.46. The number of aliphatic carboxylic acids is 1. The first-order valence-corrected chi connectivity index (χ1v) is 11.8. The van der Waals surface area contributed by atoms with Crippen LogP contribution in [0.2, 0.25) is 0 Å². The molecule has 2 aliphatic heterocycles. The van der Waals surface area contributed by atoms with Gasteiger partial charge in [-0.2, -0.15) is 13.2 Å². The van der Waals surface area contributed by atoms with E-state index in [9.17, 15) is 18.0 Å². The van der Waals surface area contributed by atoms with Gasteiger partial charge in [0.1, 0.15) is 5.76 Å². The van der Waals surface area contributed by atoms with Crippen LogP contribution in [0.4, 0.5) is 13.2 Å². The van der Waals surface area contributed by atoms with Crippen molar-refractivity contribution >= 4 is 11.9 Å². The van der Waals surface area contributed by atoms with Crippen LogP contribution >= 0.6 is 0 Å². The fourth-order valence-electron chi connectivity index (χ4n) is 4.93. The Morgan fingerprint density at radius 1 is 1.14 bits per heavy atom. The second-order valence-corrected chi connectivity index (χ2v) is 9.24. The maximum absolute atomic E-state index is 12.8. The van der Waals surface area contributed by atoms with Crippen molar-refractivity contribution in [3.63, 3.8) is 0 Å². The number of amides is 1. The van der Waals surface area contributed by atoms with E-state index in [-0.39, 0.29) is 11.4 Å². The molecule has 0 saturated carbocycles. The second-order valence-electron chi connectivity index (χ2n) is 9.24. The van der Waals surface area contributed by atoms with E-state index >= 15 is 0 Å². The maximum Gasteiger partial charge on any atom is 0.490 e. The third-order valence-corrected chi connectivity index (χ3v) is 6.99. The van der Waals surface area contributed by atoms with Crippen molar-refractivity contribution in [3.05, 3.63) is 52.9 Å². The number of carbonyl (C=O) groups is 2. The monoisotopic (exact) mass is 495 g/mol. The number of carboxylic acids is 1. The zero-order valence-corrected chi connectivity index (χ0v) is 20.1. The van der Waals surface area contributed by atoms with Crippen molar-refractivity contribution < 1.29 is 32.4 Å². The van der Waals surface area contributed by atoms with Gasteiger partial charge in [-0.25, -0.2) is 4.79 Å². The Morgan fingerprint density at radius 2 is 1.83 bits per heavy atom. The van der Waals surface area contributed by atoms with Crippen LogP contribution in [0.25, 0.3) is 0 Å². The molecule has 192 valence electrons. The summed E-state index contributed by atoms with van der Waals surface area (Å²) >= 11 is 0. The van der Waals surface area contributed by atoms with E-state index in [0.717, 1.165) is 68.8 Å². The molecule has 1 spiro atoms. The van der Waals surface area contributed by atoms with Crippen LogP contribution in [-0.4, -0.2) is 63.3 Å². The number of nitrogens with zero attached hydrogens (tertiary/aromatic N) is 3. The summed E-state index contributed by atoms with van der Waals surface area (Å²) in [5, 5.41) is 11.2. The van der Waals surface area contributed by atoms with Crippen LogP contribution in [0.5, 0.6) is 0 Å². The Labute approximate surface area is 202 Å². The van der Waals surface area contributed by atoms with E-state index in [2.05, 4.69) is 45.3 Å². The molecule has 2 saturated heterocycles. The van der Waals surface area contributed by atoms with Crippen LogP contribution in [0.15, 0.2) is 34.9 Å². The summed E-state index contributed by atoms with van der Waals surface area (Å²) in [5.74, 6) is -1.63. The van der Waals surface area contributed by atoms with Crippen LogP contribution in [0.1, 0.15) is 54.7 Å². The number of benzene rings is 1. The zero-order valence-electron chi connectivity index (χ0n) is 20.1. The van der Waals surface area contributed by atoms with Crippen LogP contribution in [-0.2, 0) is 22.6 Å². The average molecular weight is 496 g/mol. The molecule has 2 fully saturated rings. The standard InChI is InChI=1S/C23H31N3O2.C2HF3O2/c1-18-21(19(2)28-24-18)17-26-22(27)9-12-23(26)11-6-14-25(16-13-23)15-10-20-7-4-3-5-8-20;3-2(4,5)1(6)7/h3-5,7-8H,6,9-17H2,1-2H3;(H,6,7). The maximum atomic E-state index is 12.8. The molecule has 2 aliphatic rings. The van der Waals surface area contributed by atoms with Crippen molar-refractivity contribution in [1.82, 2.24) is 15.0 Å². The molecule has 7 nitrogen and oxygen atoms in total. The molecule has 0 aliphatic carbocycles. The number of hydrogen-bond acceptors (Lipinski definition) is 5. The summed E-state index contributed by atoms with van der Waals surface area (Å²) < 4.78 is 37.1. The topological polar surface area (TPSA) is 86.9 Å². The lowest BCUT2D eigenvalue weighted by Gasteiger charge is -2.38. The molecule has 1 amide bonds. The van der Waals surface area contributed by atoms with Gasteiger partial charge in [-0.3, -0.25) is 4.79 Å². The molecule has 0 bridgehead atoms. The molecule has 2 aromatic rings. The number of aromatic nitrogens is 1. The van der Waals surface area contributed by atoms with E-state index in [1.54, 1.807) is 0 Å². The Balaban J connectivity index is 0.000000429. The lowest BCUT2D eigenvalue weighted by Crippen LogP contribution is -2.46. The minimum Gasteiger partial charge on any atom is -0.475 e. The fourth-order valence-corrected chi connectivity index (χ4v) is 4.93. The highest BCUT2D eigenvalue weighted by Crippen LogP contribution is 2.40. The van der Waals surface area contributed by atoms with E-state index in [4.69, 9.17) is 14.4 Å². The number of hydrogen-bond donors (Lipinski definition) is 1. The number of aryl methyl sites for hydroxylation is 2. The lowest BCUT2D eigenvalue weighted by atomic mass is 9.87. The van der Waals surface area contributed by atoms with Gasteiger partial charge in [0.2, 0.25) is 5.91 Å². The molecule has 1 aromatic heterocycles. The van der Waals surface area contributed by atoms with Gasteiger partial charge in [0, 0.05) is 30.6 Å². The fraction of sp³-hybridized carbons (Fsp3) is 0.560. The quantitative estimate of drug-likeness (QED) is 0.657. The molecule has 3 heterocycles. The molecular formula is C25H32F3N3O4. The normalized spacial score (nSPS) is 21.1. The molecule has 0 radical (unpaired) electrons. The van der Waals surface area contributed by atoms with Crippen LogP contribution in [0, 0.1) is 13.8 Å². The highest BCUT2D eigenvalue weighted by atomic mass is 19.4. The van der Waals surface area contributed by atoms with Crippen molar-refractivity contribution in [2.75, 3.05) is 19.6 Å². The minimum atomic E-state index is -5.08. The Kier molecular flexibility index (Phi) is 8.58. The van der Waals surface area contributed by atoms with Gasteiger partial charge in [-0.15, -0.1) is 0 Å². The summed E-state index contributed by atoms with van der Waals surface area (Å²) in [7, 11) is 0. The lowest BCUT2D eigenvalue weighted by molar-refractivity contribution is -0.192. The second kappa shape index (κ2) is 11.2. The summed E-state index contributed by atoms with van der Waals surface area (Å²) in [6.45, 7) is 7.85. The van der Waals surface area contributed by atoms with Gasteiger partial charge in [-0.05, 0) is 58.1 Å². The van der Waals surface area contributed by atoms with Crippen LogP contribution in [0.3, 0.4) is 0 Å². The van der Waals surface area contributed by atoms with Gasteiger partial charge in [0.15, 0.2) is 0 Å². The summed E-state index contributed by atoms with van der Waals surface area (Å²) in [6, 6.07) is 10.7. The van der Waals surface area contributed by atoms with Crippen molar-refractivity contribution in [3.8, 4) is 0 Å². The molecule has 1 N–H and O–H groups in total. The zero-order chi connectivity index (χ0) is 25.6. The van der Waals surface area contributed by atoms with E-state index < -0.39 is 12.1 Å². The van der Waals surface area contributed by atoms with E-state index in [1.165, 1.54) is 5.56 Å². The van der Waals surface area contributed by atoms with Crippen molar-refractivity contribution in [1.29, 1.82) is 0 Å². The highest BCUT2D eigenvalue weighted by molar-refractivity contribution is 5.79. The molecule has 35 heavy (non-hydrogen) atoms. The van der Waals surface area contributed by atoms with Crippen molar-refractivity contribution in [2.24, 2.45) is 0 Å². The van der Waals surface area contributed by atoms with Gasteiger partial charge in [-0.1, -0.05) is 35.5 Å². The van der Waals surface area contributed by atoms with Crippen molar-refractivity contribution in [2.45, 2.75) is 70.6 Å². The minimum absolute atomic E-state index is 0.00866. The Hall–Kier alpha value is -2.88. The molecule has 4 rings (SSSR count). The average Bonchev–Trinajstić information content (AvgIpc) is 3.19. The summed E-state index contributed by atoms with van der Waals surface area (Å²) in [5.41, 5.74) is 3.40. The summed E-state index contributed by atoms with van der Waals surface area (Å²) in [6.07, 6.45) is 0.992. The SMILES string of the molecule is Cc1noc(C)c1CN1C(=O)CCC12CCCN(CCc1ccccc1)CC2.O=C(O)C(F)(F)F. The molecule has 1 atom stereocenters. The first-order valence-electron chi connectivity index (χ1n) is 11.8. The molecule has 10 heteroatoms. The van der Waals surface area contributed by atoms with Gasteiger partial charge in [0.25, 0.3) is 0 Å². The number of carbonyl (C=O) groups excluding carboxylic acids is 1. The van der Waals surface area contributed by atoms with Crippen LogP contribution < -0.4 is 0 Å². The van der Waals surface area contributed by atoms with Gasteiger partial charge < -0.3 is 19.4 Å². The number of alkyl halides is 3. The first-order chi connectivity index (χ1) is 16.5. The van der Waals surface area contributed by atoms with Gasteiger partial charge in [0.05, 0.1) is 12.2 Å². The predicted octanol–water partition coefficient (Wildman–Crippen LogP) is 4.51. The molecule has 1 unspecified atom stereocenters. The number of rotatable bonds is 5. The number of carboxylic acid groups (broad SMARTS) is 1. The smallest absolute Gasteiger partial charge is 0.475 e. The molecule has 1 aromatic carbocycles.